The SMILES string of the molecule is Cc1nn(C(C)C)c(C)c1NC(=O)c1csc(CCN)n1. The van der Waals surface area contributed by atoms with Crippen LogP contribution in [0.3, 0.4) is 0 Å². The van der Waals surface area contributed by atoms with Crippen molar-refractivity contribution < 1.29 is 4.79 Å². The smallest absolute Gasteiger partial charge is 0.275 e. The summed E-state index contributed by atoms with van der Waals surface area (Å²) in [4.78, 5) is 16.6. The van der Waals surface area contributed by atoms with Crippen LogP contribution in [0.5, 0.6) is 0 Å². The molecule has 2 rings (SSSR count). The largest absolute Gasteiger partial charge is 0.330 e. The number of nitrogens with zero attached hydrogens (tertiary/aromatic N) is 3. The van der Waals surface area contributed by atoms with Crippen molar-refractivity contribution in [2.24, 2.45) is 5.73 Å². The first-order chi connectivity index (χ1) is 9.93. The quantitative estimate of drug-likeness (QED) is 0.887. The molecule has 0 aliphatic rings. The molecule has 0 radical (unpaired) electrons. The van der Waals surface area contributed by atoms with Crippen molar-refractivity contribution in [1.82, 2.24) is 14.8 Å². The van der Waals surface area contributed by atoms with E-state index < -0.39 is 0 Å². The minimum atomic E-state index is -0.205. The maximum absolute atomic E-state index is 12.3. The van der Waals surface area contributed by atoms with Crippen LogP contribution in [0, 0.1) is 13.8 Å². The number of aryl methyl sites for hydroxylation is 1. The number of aromatic nitrogens is 3. The maximum atomic E-state index is 12.3. The maximum Gasteiger partial charge on any atom is 0.275 e. The van der Waals surface area contributed by atoms with Crippen molar-refractivity contribution in [3.05, 3.63) is 27.5 Å². The Morgan fingerprint density at radius 3 is 2.76 bits per heavy atom. The van der Waals surface area contributed by atoms with Gasteiger partial charge < -0.3 is 11.1 Å². The molecule has 3 N–H and O–H groups in total. The van der Waals surface area contributed by atoms with E-state index in [1.165, 1.54) is 11.3 Å². The molecule has 0 aliphatic heterocycles. The van der Waals surface area contributed by atoms with Crippen LogP contribution in [-0.2, 0) is 6.42 Å². The zero-order valence-electron chi connectivity index (χ0n) is 12.8. The minimum absolute atomic E-state index is 0.205. The van der Waals surface area contributed by atoms with Crippen molar-refractivity contribution in [3.63, 3.8) is 0 Å². The van der Waals surface area contributed by atoms with Crippen LogP contribution in [0.25, 0.3) is 0 Å². The summed E-state index contributed by atoms with van der Waals surface area (Å²) in [6.45, 7) is 8.50. The van der Waals surface area contributed by atoms with Gasteiger partial charge >= 0.3 is 0 Å². The standard InChI is InChI=1S/C14H21N5OS/c1-8(2)19-10(4)13(9(3)18-19)17-14(20)11-7-21-12(16-11)5-6-15/h7-8H,5-6,15H2,1-4H3,(H,17,20). The van der Waals surface area contributed by atoms with Crippen molar-refractivity contribution in [2.75, 3.05) is 11.9 Å². The average molecular weight is 307 g/mol. The van der Waals surface area contributed by atoms with Gasteiger partial charge in [-0.25, -0.2) is 4.98 Å². The van der Waals surface area contributed by atoms with E-state index in [1.807, 2.05) is 18.5 Å². The van der Waals surface area contributed by atoms with Gasteiger partial charge in [-0.3, -0.25) is 9.48 Å². The summed E-state index contributed by atoms with van der Waals surface area (Å²) in [7, 11) is 0. The number of carbonyl (C=O) groups is 1. The molecule has 0 aromatic carbocycles. The number of hydrogen-bond donors (Lipinski definition) is 2. The molecular formula is C14H21N5OS. The summed E-state index contributed by atoms with van der Waals surface area (Å²) >= 11 is 1.46. The molecule has 0 spiro atoms. The second-order valence-electron chi connectivity index (χ2n) is 5.20. The summed E-state index contributed by atoms with van der Waals surface area (Å²) in [6, 6.07) is 0.254. The van der Waals surface area contributed by atoms with Gasteiger partial charge in [0.05, 0.1) is 22.1 Å². The second kappa shape index (κ2) is 6.36. The first-order valence-corrected chi connectivity index (χ1v) is 7.83. The third-order valence-corrected chi connectivity index (χ3v) is 4.10. The number of nitrogens with one attached hydrogen (secondary N) is 1. The molecule has 0 saturated carbocycles. The molecular weight excluding hydrogens is 286 g/mol. The highest BCUT2D eigenvalue weighted by Crippen LogP contribution is 2.23. The van der Waals surface area contributed by atoms with Crippen LogP contribution in [-0.4, -0.2) is 27.2 Å². The van der Waals surface area contributed by atoms with Gasteiger partial charge in [0.15, 0.2) is 0 Å². The summed E-state index contributed by atoms with van der Waals surface area (Å²) in [5.41, 5.74) is 8.46. The van der Waals surface area contributed by atoms with Gasteiger partial charge in [-0.1, -0.05) is 0 Å². The van der Waals surface area contributed by atoms with Gasteiger partial charge in [-0.2, -0.15) is 5.10 Å². The monoisotopic (exact) mass is 307 g/mol. The number of carbonyl (C=O) groups excluding carboxylic acids is 1. The Kier molecular flexibility index (Phi) is 4.74. The number of nitrogens with two attached hydrogens (primary N) is 1. The predicted octanol–water partition coefficient (Wildman–Crippen LogP) is 2.29. The molecule has 6 nitrogen and oxygen atoms in total. The lowest BCUT2D eigenvalue weighted by atomic mass is 10.3. The molecule has 2 aromatic rings. The first kappa shape index (κ1) is 15.7. The average Bonchev–Trinajstić information content (AvgIpc) is 2.99. The molecule has 2 heterocycles. The summed E-state index contributed by atoms with van der Waals surface area (Å²) in [5.74, 6) is -0.205. The van der Waals surface area contributed by atoms with E-state index >= 15 is 0 Å². The molecule has 0 aliphatic carbocycles. The van der Waals surface area contributed by atoms with Crippen molar-refractivity contribution in [1.29, 1.82) is 0 Å². The molecule has 2 aromatic heterocycles. The van der Waals surface area contributed by atoms with Crippen LogP contribution < -0.4 is 11.1 Å². The van der Waals surface area contributed by atoms with Gasteiger partial charge in [-0.05, 0) is 34.2 Å². The molecule has 0 unspecified atom stereocenters. The molecule has 0 saturated heterocycles. The third kappa shape index (κ3) is 3.30. The highest BCUT2D eigenvalue weighted by Gasteiger charge is 2.18. The number of amides is 1. The van der Waals surface area contributed by atoms with E-state index in [-0.39, 0.29) is 11.9 Å². The normalized spacial score (nSPS) is 11.1. The predicted molar refractivity (Wildman–Crippen MR) is 84.9 cm³/mol. The molecule has 0 bridgehead atoms. The van der Waals surface area contributed by atoms with Gasteiger partial charge in [0, 0.05) is 17.8 Å². The second-order valence-corrected chi connectivity index (χ2v) is 6.15. The van der Waals surface area contributed by atoms with Crippen molar-refractivity contribution >= 4 is 22.9 Å². The highest BCUT2D eigenvalue weighted by atomic mass is 32.1. The van der Waals surface area contributed by atoms with Gasteiger partial charge in [0.25, 0.3) is 5.91 Å². The molecule has 1 amide bonds. The fourth-order valence-electron chi connectivity index (χ4n) is 2.18. The highest BCUT2D eigenvalue weighted by molar-refractivity contribution is 7.09. The molecule has 114 valence electrons. The van der Waals surface area contributed by atoms with Crippen molar-refractivity contribution in [3.8, 4) is 0 Å². The number of anilines is 1. The number of rotatable bonds is 5. The lowest BCUT2D eigenvalue weighted by molar-refractivity contribution is 0.102. The fourth-order valence-corrected chi connectivity index (χ4v) is 2.97. The summed E-state index contributed by atoms with van der Waals surface area (Å²) < 4.78 is 1.91. The Bertz CT molecular complexity index is 644. The van der Waals surface area contributed by atoms with Gasteiger partial charge in [0.2, 0.25) is 0 Å². The van der Waals surface area contributed by atoms with E-state index in [4.69, 9.17) is 5.73 Å². The van der Waals surface area contributed by atoms with Crippen LogP contribution in [0.4, 0.5) is 5.69 Å². The van der Waals surface area contributed by atoms with Crippen LogP contribution >= 0.6 is 11.3 Å². The molecule has 0 fully saturated rings. The van der Waals surface area contributed by atoms with E-state index in [2.05, 4.69) is 29.2 Å². The Labute approximate surface area is 128 Å². The third-order valence-electron chi connectivity index (χ3n) is 3.20. The van der Waals surface area contributed by atoms with Crippen LogP contribution in [0.2, 0.25) is 0 Å². The fraction of sp³-hybridized carbons (Fsp3) is 0.500. The summed E-state index contributed by atoms with van der Waals surface area (Å²) in [6.07, 6.45) is 0.696. The van der Waals surface area contributed by atoms with E-state index in [0.717, 1.165) is 22.1 Å². The van der Waals surface area contributed by atoms with Crippen LogP contribution in [0.1, 0.15) is 46.8 Å². The zero-order chi connectivity index (χ0) is 15.6. The Morgan fingerprint density at radius 2 is 2.19 bits per heavy atom. The van der Waals surface area contributed by atoms with Crippen LogP contribution in [0.15, 0.2) is 5.38 Å². The number of thiazole rings is 1. The molecule has 21 heavy (non-hydrogen) atoms. The Morgan fingerprint density at radius 1 is 1.48 bits per heavy atom. The first-order valence-electron chi connectivity index (χ1n) is 6.95. The molecule has 0 atom stereocenters. The topological polar surface area (TPSA) is 85.8 Å². The Balaban J connectivity index is 2.19. The van der Waals surface area contributed by atoms with Gasteiger partial charge in [-0.15, -0.1) is 11.3 Å². The summed E-state index contributed by atoms with van der Waals surface area (Å²) in [5, 5.41) is 10.0. The minimum Gasteiger partial charge on any atom is -0.330 e. The lowest BCUT2D eigenvalue weighted by Gasteiger charge is -2.08. The molecule has 7 heteroatoms. The Hall–Kier alpha value is -1.73. The van der Waals surface area contributed by atoms with Crippen molar-refractivity contribution in [2.45, 2.75) is 40.2 Å². The lowest BCUT2D eigenvalue weighted by Crippen LogP contribution is -2.14. The van der Waals surface area contributed by atoms with E-state index in [0.29, 0.717) is 18.7 Å². The van der Waals surface area contributed by atoms with Gasteiger partial charge in [0.1, 0.15) is 5.69 Å². The number of hydrogen-bond acceptors (Lipinski definition) is 5. The van der Waals surface area contributed by atoms with E-state index in [1.54, 1.807) is 5.38 Å². The zero-order valence-corrected chi connectivity index (χ0v) is 13.6. The van der Waals surface area contributed by atoms with E-state index in [9.17, 15) is 4.79 Å².